The lowest BCUT2D eigenvalue weighted by molar-refractivity contribution is -0.121. The van der Waals surface area contributed by atoms with Crippen molar-refractivity contribution in [2.45, 2.75) is 19.4 Å². The monoisotopic (exact) mass is 305 g/mol. The molecule has 0 fully saturated rings. The Morgan fingerprint density at radius 2 is 2.05 bits per heavy atom. The number of hydrogen-bond acceptors (Lipinski definition) is 5. The van der Waals surface area contributed by atoms with Crippen molar-refractivity contribution in [3.05, 3.63) is 29.8 Å². The second-order valence-electron chi connectivity index (χ2n) is 4.76. The largest absolute Gasteiger partial charge is 0.491 e. The highest BCUT2D eigenvalue weighted by Gasteiger charge is 2.17. The number of nitrogens with zero attached hydrogens (tertiary/aromatic N) is 1. The predicted molar refractivity (Wildman–Crippen MR) is 80.5 cm³/mol. The number of benzene rings is 1. The number of rotatable bonds is 7. The lowest BCUT2D eigenvalue weighted by Gasteiger charge is -2.12. The van der Waals surface area contributed by atoms with Gasteiger partial charge in [0.05, 0.1) is 6.61 Å². The maximum absolute atomic E-state index is 11.9. The Labute approximate surface area is 128 Å². The van der Waals surface area contributed by atoms with Crippen molar-refractivity contribution in [1.29, 1.82) is 0 Å². The molecular weight excluding hydrogens is 286 g/mol. The molecular formula is C15H19N3O4. The van der Waals surface area contributed by atoms with Crippen molar-refractivity contribution in [3.63, 3.8) is 0 Å². The van der Waals surface area contributed by atoms with Crippen molar-refractivity contribution in [3.8, 4) is 5.75 Å². The SMILES string of the molecule is COCCOc1ccc(CNC(=O)C2=NNC(=O)CC2)cc1. The quantitative estimate of drug-likeness (QED) is 0.722. The zero-order valence-electron chi connectivity index (χ0n) is 12.4. The smallest absolute Gasteiger partial charge is 0.267 e. The molecule has 22 heavy (non-hydrogen) atoms. The number of amides is 2. The second kappa shape index (κ2) is 8.14. The molecule has 0 aliphatic carbocycles. The van der Waals surface area contributed by atoms with E-state index >= 15 is 0 Å². The molecule has 1 aromatic carbocycles. The number of hydrogen-bond donors (Lipinski definition) is 2. The highest BCUT2D eigenvalue weighted by atomic mass is 16.5. The van der Waals surface area contributed by atoms with Gasteiger partial charge in [-0.25, -0.2) is 5.43 Å². The first-order valence-electron chi connectivity index (χ1n) is 7.03. The summed E-state index contributed by atoms with van der Waals surface area (Å²) in [5, 5.41) is 6.53. The second-order valence-corrected chi connectivity index (χ2v) is 4.76. The fraction of sp³-hybridized carbons (Fsp3) is 0.400. The first kappa shape index (κ1) is 16.0. The molecule has 0 aromatic heterocycles. The summed E-state index contributed by atoms with van der Waals surface area (Å²) in [7, 11) is 1.62. The zero-order valence-corrected chi connectivity index (χ0v) is 12.4. The molecule has 2 amide bonds. The third-order valence-corrected chi connectivity index (χ3v) is 3.10. The van der Waals surface area contributed by atoms with E-state index < -0.39 is 0 Å². The molecule has 0 saturated carbocycles. The maximum Gasteiger partial charge on any atom is 0.267 e. The Morgan fingerprint density at radius 3 is 2.68 bits per heavy atom. The van der Waals surface area contributed by atoms with Crippen LogP contribution in [0.25, 0.3) is 0 Å². The molecule has 1 heterocycles. The van der Waals surface area contributed by atoms with E-state index in [4.69, 9.17) is 9.47 Å². The minimum Gasteiger partial charge on any atom is -0.491 e. The fourth-order valence-electron chi connectivity index (χ4n) is 1.87. The van der Waals surface area contributed by atoms with Gasteiger partial charge in [-0.3, -0.25) is 9.59 Å². The zero-order chi connectivity index (χ0) is 15.8. The van der Waals surface area contributed by atoms with Crippen LogP contribution in [0.3, 0.4) is 0 Å². The van der Waals surface area contributed by atoms with Gasteiger partial charge in [-0.15, -0.1) is 0 Å². The van der Waals surface area contributed by atoms with Gasteiger partial charge in [0.25, 0.3) is 5.91 Å². The molecule has 0 unspecified atom stereocenters. The van der Waals surface area contributed by atoms with Gasteiger partial charge in [-0.05, 0) is 17.7 Å². The molecule has 7 heteroatoms. The van der Waals surface area contributed by atoms with E-state index in [1.54, 1.807) is 7.11 Å². The Bertz CT molecular complexity index is 554. The van der Waals surface area contributed by atoms with Gasteiger partial charge < -0.3 is 14.8 Å². The third kappa shape index (κ3) is 4.85. The first-order valence-corrected chi connectivity index (χ1v) is 7.03. The minimum absolute atomic E-state index is 0.166. The summed E-state index contributed by atoms with van der Waals surface area (Å²) in [5.41, 5.74) is 3.60. The van der Waals surface area contributed by atoms with Crippen LogP contribution < -0.4 is 15.5 Å². The molecule has 1 aliphatic rings. The van der Waals surface area contributed by atoms with Gasteiger partial charge in [0, 0.05) is 26.5 Å². The van der Waals surface area contributed by atoms with E-state index in [0.717, 1.165) is 11.3 Å². The van der Waals surface area contributed by atoms with Crippen LogP contribution in [0.4, 0.5) is 0 Å². The van der Waals surface area contributed by atoms with Crippen molar-refractivity contribution in [1.82, 2.24) is 10.7 Å². The van der Waals surface area contributed by atoms with Crippen LogP contribution in [-0.2, 0) is 20.9 Å². The number of hydrazone groups is 1. The van der Waals surface area contributed by atoms with E-state index in [-0.39, 0.29) is 11.8 Å². The standard InChI is InChI=1S/C15H19N3O4/c1-21-8-9-22-12-4-2-11(3-5-12)10-16-15(20)13-6-7-14(19)18-17-13/h2-5H,6-10H2,1H3,(H,16,20)(H,18,19). The molecule has 118 valence electrons. The molecule has 0 saturated heterocycles. The number of carbonyl (C=O) groups is 2. The predicted octanol–water partition coefficient (Wildman–Crippen LogP) is 0.594. The van der Waals surface area contributed by atoms with Crippen LogP contribution in [0.5, 0.6) is 5.75 Å². The average Bonchev–Trinajstić information content (AvgIpc) is 2.55. The first-order chi connectivity index (χ1) is 10.7. The molecule has 2 rings (SSSR count). The topological polar surface area (TPSA) is 89.0 Å². The van der Waals surface area contributed by atoms with Crippen molar-refractivity contribution >= 4 is 17.5 Å². The molecule has 7 nitrogen and oxygen atoms in total. The summed E-state index contributed by atoms with van der Waals surface area (Å²) in [6.07, 6.45) is 0.656. The van der Waals surface area contributed by atoms with E-state index in [1.165, 1.54) is 0 Å². The highest BCUT2D eigenvalue weighted by Crippen LogP contribution is 2.12. The fourth-order valence-corrected chi connectivity index (χ4v) is 1.87. The van der Waals surface area contributed by atoms with Crippen LogP contribution in [0.1, 0.15) is 18.4 Å². The van der Waals surface area contributed by atoms with E-state index in [1.807, 2.05) is 24.3 Å². The van der Waals surface area contributed by atoms with E-state index in [0.29, 0.717) is 38.3 Å². The summed E-state index contributed by atoms with van der Waals surface area (Å²) in [6.45, 7) is 1.43. The maximum atomic E-state index is 11.9. The summed E-state index contributed by atoms with van der Waals surface area (Å²) < 4.78 is 10.4. The summed E-state index contributed by atoms with van der Waals surface area (Å²) in [4.78, 5) is 22.9. The van der Waals surface area contributed by atoms with Crippen molar-refractivity contribution in [2.24, 2.45) is 5.10 Å². The van der Waals surface area contributed by atoms with Crippen LogP contribution in [0.2, 0.25) is 0 Å². The van der Waals surface area contributed by atoms with Crippen molar-refractivity contribution < 1.29 is 19.1 Å². The van der Waals surface area contributed by atoms with E-state index in [9.17, 15) is 9.59 Å². The van der Waals surface area contributed by atoms with Crippen molar-refractivity contribution in [2.75, 3.05) is 20.3 Å². The van der Waals surface area contributed by atoms with Crippen LogP contribution >= 0.6 is 0 Å². The molecule has 0 atom stereocenters. The number of carbonyl (C=O) groups excluding carboxylic acids is 2. The summed E-state index contributed by atoms with van der Waals surface area (Å²) in [5.74, 6) is 0.326. The van der Waals surface area contributed by atoms with Gasteiger partial charge in [0.15, 0.2) is 0 Å². The Balaban J connectivity index is 1.79. The molecule has 0 spiro atoms. The molecule has 1 aliphatic heterocycles. The Hall–Kier alpha value is -2.41. The normalized spacial score (nSPS) is 14.0. The van der Waals surface area contributed by atoms with Crippen LogP contribution in [-0.4, -0.2) is 37.8 Å². The van der Waals surface area contributed by atoms with Gasteiger partial charge in [0.1, 0.15) is 18.1 Å². The number of methoxy groups -OCH3 is 1. The van der Waals surface area contributed by atoms with Crippen LogP contribution in [0.15, 0.2) is 29.4 Å². The molecule has 0 radical (unpaired) electrons. The lowest BCUT2D eigenvalue weighted by atomic mass is 10.1. The average molecular weight is 305 g/mol. The molecule has 2 N–H and O–H groups in total. The lowest BCUT2D eigenvalue weighted by Crippen LogP contribution is -2.36. The number of nitrogens with one attached hydrogen (secondary N) is 2. The van der Waals surface area contributed by atoms with Crippen LogP contribution in [0, 0.1) is 0 Å². The van der Waals surface area contributed by atoms with Gasteiger partial charge in [-0.2, -0.15) is 5.10 Å². The number of ether oxygens (including phenoxy) is 2. The van der Waals surface area contributed by atoms with Gasteiger partial charge >= 0.3 is 0 Å². The van der Waals surface area contributed by atoms with Gasteiger partial charge in [0.2, 0.25) is 5.91 Å². The summed E-state index contributed by atoms with van der Waals surface area (Å²) in [6, 6.07) is 7.45. The van der Waals surface area contributed by atoms with Gasteiger partial charge in [-0.1, -0.05) is 12.1 Å². The Morgan fingerprint density at radius 1 is 1.27 bits per heavy atom. The minimum atomic E-state index is -0.263. The molecule has 0 bridgehead atoms. The highest BCUT2D eigenvalue weighted by molar-refractivity contribution is 6.39. The molecule has 1 aromatic rings. The van der Waals surface area contributed by atoms with E-state index in [2.05, 4.69) is 15.8 Å². The Kier molecular flexibility index (Phi) is 5.91. The summed E-state index contributed by atoms with van der Waals surface area (Å²) >= 11 is 0. The third-order valence-electron chi connectivity index (χ3n) is 3.10.